The fourth-order valence-corrected chi connectivity index (χ4v) is 0.991. The minimum atomic E-state index is -0.0948. The normalized spacial score (nSPS) is 14.2. The van der Waals surface area contributed by atoms with Crippen molar-refractivity contribution in [1.29, 1.82) is 0 Å². The van der Waals surface area contributed by atoms with E-state index in [1.807, 2.05) is 19.1 Å². The van der Waals surface area contributed by atoms with Crippen molar-refractivity contribution in [1.82, 2.24) is 0 Å². The third-order valence-electron chi connectivity index (χ3n) is 1.76. The monoisotopic (exact) mass is 182 g/mol. The van der Waals surface area contributed by atoms with Gasteiger partial charge in [0.2, 0.25) is 0 Å². The van der Waals surface area contributed by atoms with E-state index in [1.165, 1.54) is 6.08 Å². The fourth-order valence-electron chi connectivity index (χ4n) is 0.991. The summed E-state index contributed by atoms with van der Waals surface area (Å²) in [6.07, 6.45) is 9.97. The maximum Gasteiger partial charge on any atom is 0.122 e. The predicted molar refractivity (Wildman–Crippen MR) is 57.3 cm³/mol. The van der Waals surface area contributed by atoms with E-state index in [9.17, 15) is 4.39 Å². The topological polar surface area (TPSA) is 0 Å². The van der Waals surface area contributed by atoms with Crippen LogP contribution in [0.25, 0.3) is 0 Å². The Morgan fingerprint density at radius 3 is 2.46 bits per heavy atom. The highest BCUT2D eigenvalue weighted by Crippen LogP contribution is 2.12. The van der Waals surface area contributed by atoms with E-state index in [2.05, 4.69) is 13.8 Å². The molecule has 0 atom stereocenters. The standard InChI is InChI=1S/C12H19F/c1-4-6-7-8-10-12(13)11(3)9-5-2/h6-8,10H,4-5,9H2,1-3H3/b7-6+,10-8-,12-11-. The van der Waals surface area contributed by atoms with E-state index < -0.39 is 0 Å². The lowest BCUT2D eigenvalue weighted by molar-refractivity contribution is 0.643. The smallest absolute Gasteiger partial charge is 0.122 e. The maximum absolute atomic E-state index is 13.2. The van der Waals surface area contributed by atoms with Gasteiger partial charge in [0.25, 0.3) is 0 Å². The maximum atomic E-state index is 13.2. The van der Waals surface area contributed by atoms with E-state index in [1.54, 1.807) is 6.08 Å². The van der Waals surface area contributed by atoms with Gasteiger partial charge in [0.1, 0.15) is 5.83 Å². The van der Waals surface area contributed by atoms with Crippen molar-refractivity contribution in [2.45, 2.75) is 40.0 Å². The predicted octanol–water partition coefficient (Wildman–Crippen LogP) is 4.55. The van der Waals surface area contributed by atoms with Crippen LogP contribution in [-0.4, -0.2) is 0 Å². The lowest BCUT2D eigenvalue weighted by Crippen LogP contribution is -1.78. The summed E-state index contributed by atoms with van der Waals surface area (Å²) >= 11 is 0. The van der Waals surface area contributed by atoms with Gasteiger partial charge >= 0.3 is 0 Å². The van der Waals surface area contributed by atoms with Crippen LogP contribution < -0.4 is 0 Å². The minimum Gasteiger partial charge on any atom is -0.207 e. The molecule has 0 heterocycles. The van der Waals surface area contributed by atoms with Gasteiger partial charge in [0.05, 0.1) is 0 Å². The van der Waals surface area contributed by atoms with Crippen LogP contribution in [0.3, 0.4) is 0 Å². The lowest BCUT2D eigenvalue weighted by atomic mass is 10.1. The van der Waals surface area contributed by atoms with Crippen molar-refractivity contribution in [3.63, 3.8) is 0 Å². The van der Waals surface area contributed by atoms with Crippen molar-refractivity contribution in [3.8, 4) is 0 Å². The first-order valence-electron chi connectivity index (χ1n) is 4.90. The summed E-state index contributed by atoms with van der Waals surface area (Å²) in [5, 5.41) is 0. The van der Waals surface area contributed by atoms with Crippen LogP contribution in [0, 0.1) is 0 Å². The Morgan fingerprint density at radius 2 is 1.92 bits per heavy atom. The summed E-state index contributed by atoms with van der Waals surface area (Å²) in [5.41, 5.74) is 0.837. The lowest BCUT2D eigenvalue weighted by Gasteiger charge is -1.96. The largest absolute Gasteiger partial charge is 0.207 e. The summed E-state index contributed by atoms with van der Waals surface area (Å²) in [7, 11) is 0. The Morgan fingerprint density at radius 1 is 1.23 bits per heavy atom. The fraction of sp³-hybridized carbons (Fsp3) is 0.500. The molecule has 0 amide bonds. The average molecular weight is 182 g/mol. The Bertz CT molecular complexity index is 209. The molecular weight excluding hydrogens is 163 g/mol. The highest BCUT2D eigenvalue weighted by atomic mass is 19.1. The van der Waals surface area contributed by atoms with E-state index in [0.29, 0.717) is 0 Å². The molecule has 0 fully saturated rings. The van der Waals surface area contributed by atoms with Crippen molar-refractivity contribution >= 4 is 0 Å². The molecule has 0 rings (SSSR count). The van der Waals surface area contributed by atoms with Crippen LogP contribution >= 0.6 is 0 Å². The number of rotatable bonds is 5. The molecule has 0 aliphatic rings. The average Bonchev–Trinajstić information content (AvgIpc) is 2.12. The second-order valence-electron chi connectivity index (χ2n) is 3.07. The number of hydrogen-bond acceptors (Lipinski definition) is 0. The first kappa shape index (κ1) is 12.2. The molecule has 0 bridgehead atoms. The highest BCUT2D eigenvalue weighted by Gasteiger charge is 1.94. The van der Waals surface area contributed by atoms with Gasteiger partial charge in [-0.3, -0.25) is 0 Å². The van der Waals surface area contributed by atoms with Crippen molar-refractivity contribution < 1.29 is 4.39 Å². The van der Waals surface area contributed by atoms with Gasteiger partial charge < -0.3 is 0 Å². The molecule has 0 aromatic heterocycles. The zero-order valence-corrected chi connectivity index (χ0v) is 8.81. The number of halogens is 1. The molecule has 0 radical (unpaired) electrons. The van der Waals surface area contributed by atoms with Crippen LogP contribution in [-0.2, 0) is 0 Å². The summed E-state index contributed by atoms with van der Waals surface area (Å²) in [4.78, 5) is 0. The van der Waals surface area contributed by atoms with Crippen molar-refractivity contribution in [3.05, 3.63) is 35.7 Å². The summed E-state index contributed by atoms with van der Waals surface area (Å²) < 4.78 is 13.2. The SMILES string of the molecule is CC/C=C/C=C\C(F)=C(/C)CCC. The minimum absolute atomic E-state index is 0.0948. The molecule has 0 saturated carbocycles. The van der Waals surface area contributed by atoms with Gasteiger partial charge in [-0.1, -0.05) is 38.5 Å². The Kier molecular flexibility index (Phi) is 7.27. The molecule has 0 N–H and O–H groups in total. The molecule has 0 nitrogen and oxygen atoms in total. The number of hydrogen-bond donors (Lipinski definition) is 0. The quantitative estimate of drug-likeness (QED) is 0.547. The van der Waals surface area contributed by atoms with E-state index in [4.69, 9.17) is 0 Å². The third-order valence-corrected chi connectivity index (χ3v) is 1.76. The molecule has 74 valence electrons. The molecule has 0 spiro atoms. The first-order chi connectivity index (χ1) is 6.22. The molecule has 0 unspecified atom stereocenters. The molecule has 0 aromatic rings. The van der Waals surface area contributed by atoms with Gasteiger partial charge in [-0.15, -0.1) is 0 Å². The second-order valence-corrected chi connectivity index (χ2v) is 3.07. The van der Waals surface area contributed by atoms with Crippen molar-refractivity contribution in [2.24, 2.45) is 0 Å². The molecule has 13 heavy (non-hydrogen) atoms. The van der Waals surface area contributed by atoms with Gasteiger partial charge in [-0.05, 0) is 31.4 Å². The molecule has 0 aliphatic heterocycles. The Balaban J connectivity index is 4.10. The molecular formula is C12H19F. The summed E-state index contributed by atoms with van der Waals surface area (Å²) in [6.45, 7) is 5.95. The van der Waals surface area contributed by atoms with Crippen LogP contribution in [0.2, 0.25) is 0 Å². The van der Waals surface area contributed by atoms with Gasteiger partial charge in [-0.25, -0.2) is 4.39 Å². The van der Waals surface area contributed by atoms with Crippen LogP contribution in [0.1, 0.15) is 40.0 Å². The molecule has 0 saturated heterocycles. The Labute approximate surface area is 80.9 Å². The zero-order valence-electron chi connectivity index (χ0n) is 8.81. The van der Waals surface area contributed by atoms with E-state index in [-0.39, 0.29) is 5.83 Å². The Hall–Kier alpha value is -0.850. The molecule has 1 heteroatoms. The molecule has 0 aromatic carbocycles. The van der Waals surface area contributed by atoms with Gasteiger partial charge in [0.15, 0.2) is 0 Å². The highest BCUT2D eigenvalue weighted by molar-refractivity contribution is 5.21. The summed E-state index contributed by atoms with van der Waals surface area (Å²) in [6, 6.07) is 0. The second kappa shape index (κ2) is 7.78. The summed E-state index contributed by atoms with van der Waals surface area (Å²) in [5.74, 6) is -0.0948. The van der Waals surface area contributed by atoms with Crippen LogP contribution in [0.4, 0.5) is 4.39 Å². The zero-order chi connectivity index (χ0) is 10.1. The van der Waals surface area contributed by atoms with Gasteiger partial charge in [0, 0.05) is 0 Å². The van der Waals surface area contributed by atoms with E-state index >= 15 is 0 Å². The first-order valence-corrected chi connectivity index (χ1v) is 4.90. The van der Waals surface area contributed by atoms with Crippen molar-refractivity contribution in [2.75, 3.05) is 0 Å². The van der Waals surface area contributed by atoms with E-state index in [0.717, 1.165) is 24.8 Å². The molecule has 0 aliphatic carbocycles. The van der Waals surface area contributed by atoms with Crippen LogP contribution in [0.15, 0.2) is 35.7 Å². The third kappa shape index (κ3) is 6.32. The van der Waals surface area contributed by atoms with Gasteiger partial charge in [-0.2, -0.15) is 0 Å². The number of allylic oxidation sites excluding steroid dienone is 6. The van der Waals surface area contributed by atoms with Crippen LogP contribution in [0.5, 0.6) is 0 Å².